The maximum Gasteiger partial charge on any atom is 0.269 e. The maximum atomic E-state index is 12.4. The molecule has 0 aliphatic carbocycles. The number of hydrazone groups is 1. The number of nitro groups is 1. The number of nitrogens with zero attached hydrogens (tertiary/aromatic N) is 3. The molecule has 10 nitrogen and oxygen atoms in total. The molecular weight excluding hydrogens is 508 g/mol. The van der Waals surface area contributed by atoms with Crippen molar-refractivity contribution in [2.24, 2.45) is 5.10 Å². The molecular formula is C24H23ClN4O6S. The molecule has 0 heterocycles. The average molecular weight is 531 g/mol. The Morgan fingerprint density at radius 1 is 1.14 bits per heavy atom. The van der Waals surface area contributed by atoms with Crippen molar-refractivity contribution < 1.29 is 22.9 Å². The highest BCUT2D eigenvalue weighted by molar-refractivity contribution is 7.92. The van der Waals surface area contributed by atoms with Crippen LogP contribution in [0.3, 0.4) is 0 Å². The fraction of sp³-hybridized carbons (Fsp3) is 0.167. The summed E-state index contributed by atoms with van der Waals surface area (Å²) in [5.41, 5.74) is 4.75. The molecule has 0 spiro atoms. The minimum absolute atomic E-state index is 0.0121. The van der Waals surface area contributed by atoms with E-state index in [1.54, 1.807) is 55.5 Å². The summed E-state index contributed by atoms with van der Waals surface area (Å²) < 4.78 is 31.2. The molecule has 12 heteroatoms. The Morgan fingerprint density at radius 3 is 2.42 bits per heavy atom. The van der Waals surface area contributed by atoms with Gasteiger partial charge in [0, 0.05) is 17.2 Å². The lowest BCUT2D eigenvalue weighted by molar-refractivity contribution is -0.384. The molecule has 0 bridgehead atoms. The standard InChI is InChI=1S/C24H23ClN4O6S/c1-17-3-8-20(25)13-23(17)28(36(2,33)34)15-24(30)27-26-14-18-6-11-22(12-7-18)35-16-19-4-9-21(10-5-19)29(31)32/h3-14H,15-16H2,1-2H3,(H,27,30)/b26-14+. The maximum absolute atomic E-state index is 12.4. The molecule has 3 aromatic rings. The van der Waals surface area contributed by atoms with Crippen LogP contribution in [0.2, 0.25) is 5.02 Å². The van der Waals surface area contributed by atoms with Gasteiger partial charge in [-0.15, -0.1) is 0 Å². The number of sulfonamides is 1. The number of carbonyl (C=O) groups excluding carboxylic acids is 1. The van der Waals surface area contributed by atoms with E-state index in [4.69, 9.17) is 16.3 Å². The van der Waals surface area contributed by atoms with Gasteiger partial charge in [0.1, 0.15) is 18.9 Å². The van der Waals surface area contributed by atoms with Crippen molar-refractivity contribution in [1.29, 1.82) is 0 Å². The van der Waals surface area contributed by atoms with E-state index >= 15 is 0 Å². The molecule has 0 aliphatic rings. The van der Waals surface area contributed by atoms with Crippen LogP contribution in [-0.2, 0) is 21.4 Å². The lowest BCUT2D eigenvalue weighted by atomic mass is 10.2. The smallest absolute Gasteiger partial charge is 0.269 e. The monoisotopic (exact) mass is 530 g/mol. The van der Waals surface area contributed by atoms with Crippen molar-refractivity contribution in [3.05, 3.63) is 98.6 Å². The average Bonchev–Trinajstić information content (AvgIpc) is 2.83. The molecule has 188 valence electrons. The summed E-state index contributed by atoms with van der Waals surface area (Å²) >= 11 is 6.00. The molecule has 0 unspecified atom stereocenters. The van der Waals surface area contributed by atoms with Gasteiger partial charge in [0.15, 0.2) is 0 Å². The van der Waals surface area contributed by atoms with E-state index in [9.17, 15) is 23.3 Å². The Bertz CT molecular complexity index is 1380. The molecule has 0 saturated carbocycles. The largest absolute Gasteiger partial charge is 0.489 e. The Hall–Kier alpha value is -3.96. The third-order valence-corrected chi connectivity index (χ3v) is 6.32. The zero-order chi connectivity index (χ0) is 26.3. The van der Waals surface area contributed by atoms with Crippen molar-refractivity contribution in [3.8, 4) is 5.75 Å². The summed E-state index contributed by atoms with van der Waals surface area (Å²) in [5.74, 6) is -0.0469. The molecule has 0 fully saturated rings. The van der Waals surface area contributed by atoms with E-state index in [1.165, 1.54) is 24.4 Å². The Morgan fingerprint density at radius 2 is 1.81 bits per heavy atom. The van der Waals surface area contributed by atoms with E-state index in [1.807, 2.05) is 0 Å². The first-order valence-corrected chi connectivity index (χ1v) is 12.8. The molecule has 3 rings (SSSR count). The Kier molecular flexibility index (Phi) is 8.62. The summed E-state index contributed by atoms with van der Waals surface area (Å²) in [5, 5.41) is 15.0. The molecule has 0 radical (unpaired) electrons. The highest BCUT2D eigenvalue weighted by Gasteiger charge is 2.22. The van der Waals surface area contributed by atoms with Crippen LogP contribution in [0.15, 0.2) is 71.8 Å². The minimum atomic E-state index is -3.75. The van der Waals surface area contributed by atoms with Crippen LogP contribution in [0, 0.1) is 17.0 Å². The SMILES string of the molecule is Cc1ccc(Cl)cc1N(CC(=O)N/N=C/c1ccc(OCc2ccc([N+](=O)[O-])cc2)cc1)S(C)(=O)=O. The third kappa shape index (κ3) is 7.52. The van der Waals surface area contributed by atoms with Gasteiger partial charge in [-0.3, -0.25) is 19.2 Å². The minimum Gasteiger partial charge on any atom is -0.489 e. The van der Waals surface area contributed by atoms with Crippen LogP contribution in [0.25, 0.3) is 0 Å². The summed E-state index contributed by atoms with van der Waals surface area (Å²) in [7, 11) is -3.75. The number of non-ortho nitro benzene ring substituents is 1. The number of aryl methyl sites for hydroxylation is 1. The van der Waals surface area contributed by atoms with Gasteiger partial charge in [-0.25, -0.2) is 13.8 Å². The number of halogens is 1. The lowest BCUT2D eigenvalue weighted by Gasteiger charge is -2.23. The summed E-state index contributed by atoms with van der Waals surface area (Å²) in [4.78, 5) is 22.6. The van der Waals surface area contributed by atoms with E-state index in [0.717, 1.165) is 16.1 Å². The molecule has 3 aromatic carbocycles. The molecule has 1 amide bonds. The predicted molar refractivity (Wildman–Crippen MR) is 138 cm³/mol. The topological polar surface area (TPSA) is 131 Å². The Labute approximate surface area is 213 Å². The third-order valence-electron chi connectivity index (χ3n) is 4.96. The molecule has 0 aromatic heterocycles. The van der Waals surface area contributed by atoms with Gasteiger partial charge >= 0.3 is 0 Å². The number of anilines is 1. The van der Waals surface area contributed by atoms with E-state index in [2.05, 4.69) is 10.5 Å². The van der Waals surface area contributed by atoms with Crippen LogP contribution < -0.4 is 14.5 Å². The van der Waals surface area contributed by atoms with Crippen molar-refractivity contribution in [3.63, 3.8) is 0 Å². The number of hydrogen-bond acceptors (Lipinski definition) is 7. The van der Waals surface area contributed by atoms with Crippen molar-refractivity contribution in [1.82, 2.24) is 5.43 Å². The number of carbonyl (C=O) groups is 1. The van der Waals surface area contributed by atoms with Crippen molar-refractivity contribution >= 4 is 45.1 Å². The number of rotatable bonds is 10. The Balaban J connectivity index is 1.55. The normalized spacial score (nSPS) is 11.3. The van der Waals surface area contributed by atoms with Gasteiger partial charge in [-0.05, 0) is 72.1 Å². The first kappa shape index (κ1) is 26.6. The van der Waals surface area contributed by atoms with Gasteiger partial charge in [-0.1, -0.05) is 17.7 Å². The fourth-order valence-electron chi connectivity index (χ4n) is 3.11. The quantitative estimate of drug-likeness (QED) is 0.239. The van der Waals surface area contributed by atoms with Crippen LogP contribution >= 0.6 is 11.6 Å². The first-order valence-electron chi connectivity index (χ1n) is 10.5. The highest BCUT2D eigenvalue weighted by atomic mass is 35.5. The van der Waals surface area contributed by atoms with Gasteiger partial charge in [-0.2, -0.15) is 5.10 Å². The van der Waals surface area contributed by atoms with E-state index in [0.29, 0.717) is 27.6 Å². The number of benzene rings is 3. The number of nitro benzene ring substituents is 1. The zero-order valence-electron chi connectivity index (χ0n) is 19.4. The van der Waals surface area contributed by atoms with Gasteiger partial charge in [0.25, 0.3) is 11.6 Å². The van der Waals surface area contributed by atoms with Crippen molar-refractivity contribution in [2.45, 2.75) is 13.5 Å². The lowest BCUT2D eigenvalue weighted by Crippen LogP contribution is -2.39. The van der Waals surface area contributed by atoms with Gasteiger partial charge in [0.2, 0.25) is 10.0 Å². The highest BCUT2D eigenvalue weighted by Crippen LogP contribution is 2.26. The van der Waals surface area contributed by atoms with Crippen LogP contribution in [0.4, 0.5) is 11.4 Å². The second-order valence-electron chi connectivity index (χ2n) is 7.77. The summed E-state index contributed by atoms with van der Waals surface area (Å²) in [6.07, 6.45) is 2.42. The number of ether oxygens (including phenoxy) is 1. The van der Waals surface area contributed by atoms with Crippen LogP contribution in [0.5, 0.6) is 5.75 Å². The first-order chi connectivity index (χ1) is 17.0. The molecule has 36 heavy (non-hydrogen) atoms. The second-order valence-corrected chi connectivity index (χ2v) is 10.1. The van der Waals surface area contributed by atoms with Gasteiger partial charge < -0.3 is 4.74 Å². The molecule has 0 aliphatic heterocycles. The fourth-order valence-corrected chi connectivity index (χ4v) is 4.18. The van der Waals surface area contributed by atoms with Crippen LogP contribution in [-0.4, -0.2) is 38.3 Å². The number of hydrogen-bond donors (Lipinski definition) is 1. The zero-order valence-corrected chi connectivity index (χ0v) is 21.0. The predicted octanol–water partition coefficient (Wildman–Crippen LogP) is 4.05. The van der Waals surface area contributed by atoms with E-state index < -0.39 is 27.4 Å². The van der Waals surface area contributed by atoms with Crippen LogP contribution in [0.1, 0.15) is 16.7 Å². The van der Waals surface area contributed by atoms with Gasteiger partial charge in [0.05, 0.1) is 23.1 Å². The van der Waals surface area contributed by atoms with E-state index in [-0.39, 0.29) is 12.3 Å². The summed E-state index contributed by atoms with van der Waals surface area (Å²) in [6.45, 7) is 1.50. The summed E-state index contributed by atoms with van der Waals surface area (Å²) in [6, 6.07) is 17.7. The molecule has 0 atom stereocenters. The molecule has 1 N–H and O–H groups in total. The van der Waals surface area contributed by atoms with Crippen molar-refractivity contribution in [2.75, 3.05) is 17.1 Å². The number of nitrogens with one attached hydrogen (secondary N) is 1. The molecule has 0 saturated heterocycles. The second kappa shape index (κ2) is 11.6. The number of amides is 1.